The highest BCUT2D eigenvalue weighted by Crippen LogP contribution is 2.31. The predicted molar refractivity (Wildman–Crippen MR) is 68.2 cm³/mol. The highest BCUT2D eigenvalue weighted by Gasteiger charge is 2.27. The van der Waals surface area contributed by atoms with Crippen molar-refractivity contribution in [2.24, 2.45) is 5.92 Å². The van der Waals surface area contributed by atoms with Gasteiger partial charge in [0.15, 0.2) is 0 Å². The summed E-state index contributed by atoms with van der Waals surface area (Å²) in [5.74, 6) is 0.186. The average molecular weight is 256 g/mol. The van der Waals surface area contributed by atoms with Crippen LogP contribution < -0.4 is 4.74 Å². The summed E-state index contributed by atoms with van der Waals surface area (Å²) in [6.07, 6.45) is -1.29. The molecule has 18 heavy (non-hydrogen) atoms. The van der Waals surface area contributed by atoms with Gasteiger partial charge < -0.3 is 14.6 Å². The van der Waals surface area contributed by atoms with Crippen LogP contribution in [0.2, 0.25) is 0 Å². The highest BCUT2D eigenvalue weighted by molar-refractivity contribution is 5.36. The second-order valence-electron chi connectivity index (χ2n) is 4.50. The molecule has 0 saturated heterocycles. The molecular weight excluding hydrogens is 235 g/mol. The van der Waals surface area contributed by atoms with Crippen molar-refractivity contribution >= 4 is 0 Å². The van der Waals surface area contributed by atoms with E-state index in [2.05, 4.69) is 0 Å². The molecule has 1 N–H and O–H groups in total. The minimum Gasteiger partial charge on any atom is -0.496 e. The molecule has 0 amide bonds. The van der Waals surface area contributed by atoms with Gasteiger partial charge in [-0.15, -0.1) is 0 Å². The van der Waals surface area contributed by atoms with Crippen LogP contribution in [0.1, 0.15) is 32.4 Å². The van der Waals surface area contributed by atoms with E-state index in [9.17, 15) is 9.50 Å². The maximum absolute atomic E-state index is 13.3. The molecule has 0 aliphatic rings. The van der Waals surface area contributed by atoms with Crippen molar-refractivity contribution in [1.29, 1.82) is 0 Å². The number of ether oxygens (including phenoxy) is 2. The fourth-order valence-electron chi connectivity index (χ4n) is 1.95. The Labute approximate surface area is 108 Å². The van der Waals surface area contributed by atoms with Crippen LogP contribution in [0.25, 0.3) is 0 Å². The molecule has 0 radical (unpaired) electrons. The number of aliphatic hydroxyl groups excluding tert-OH is 1. The van der Waals surface area contributed by atoms with Crippen molar-refractivity contribution in [3.8, 4) is 5.75 Å². The van der Waals surface area contributed by atoms with E-state index in [0.29, 0.717) is 17.9 Å². The van der Waals surface area contributed by atoms with Crippen molar-refractivity contribution in [2.45, 2.75) is 33.0 Å². The third kappa shape index (κ3) is 3.43. The molecule has 0 bridgehead atoms. The molecule has 1 aromatic carbocycles. The molecule has 0 fully saturated rings. The lowest BCUT2D eigenvalue weighted by Crippen LogP contribution is -2.28. The number of halogens is 1. The highest BCUT2D eigenvalue weighted by atomic mass is 19.1. The van der Waals surface area contributed by atoms with E-state index in [1.165, 1.54) is 25.3 Å². The number of aliphatic hydroxyl groups is 1. The average Bonchev–Trinajstić information content (AvgIpc) is 2.34. The van der Waals surface area contributed by atoms with Gasteiger partial charge in [-0.25, -0.2) is 4.39 Å². The molecule has 0 aliphatic carbocycles. The number of benzene rings is 1. The van der Waals surface area contributed by atoms with E-state index in [0.717, 1.165) is 0 Å². The van der Waals surface area contributed by atoms with Crippen LogP contribution in [-0.4, -0.2) is 24.9 Å². The Hall–Kier alpha value is -1.13. The van der Waals surface area contributed by atoms with E-state index in [1.54, 1.807) is 0 Å². The number of rotatable bonds is 6. The lowest BCUT2D eigenvalue weighted by Gasteiger charge is -2.27. The van der Waals surface area contributed by atoms with Crippen LogP contribution in [0.15, 0.2) is 18.2 Å². The van der Waals surface area contributed by atoms with Gasteiger partial charge in [0.25, 0.3) is 0 Å². The fourth-order valence-corrected chi connectivity index (χ4v) is 1.95. The third-order valence-electron chi connectivity index (χ3n) is 2.84. The molecule has 4 heteroatoms. The van der Waals surface area contributed by atoms with Crippen LogP contribution in [0.4, 0.5) is 4.39 Å². The minimum atomic E-state index is -0.907. The Morgan fingerprint density at radius 3 is 2.50 bits per heavy atom. The quantitative estimate of drug-likeness (QED) is 0.850. The van der Waals surface area contributed by atoms with Gasteiger partial charge in [0.05, 0.1) is 13.2 Å². The Balaban J connectivity index is 3.06. The summed E-state index contributed by atoms with van der Waals surface area (Å²) in [6, 6.07) is 4.11. The van der Waals surface area contributed by atoms with Crippen molar-refractivity contribution in [1.82, 2.24) is 0 Å². The number of hydrogen-bond donors (Lipinski definition) is 1. The van der Waals surface area contributed by atoms with Crippen molar-refractivity contribution in [3.63, 3.8) is 0 Å². The molecule has 0 aliphatic heterocycles. The third-order valence-corrected chi connectivity index (χ3v) is 2.84. The molecule has 0 spiro atoms. The van der Waals surface area contributed by atoms with Crippen molar-refractivity contribution < 1.29 is 19.0 Å². The first kappa shape index (κ1) is 14.9. The molecule has 1 aromatic rings. The van der Waals surface area contributed by atoms with E-state index in [-0.39, 0.29) is 12.0 Å². The van der Waals surface area contributed by atoms with Crippen molar-refractivity contribution in [3.05, 3.63) is 29.6 Å². The van der Waals surface area contributed by atoms with E-state index in [1.807, 2.05) is 20.8 Å². The molecule has 1 rings (SSSR count). The zero-order valence-electron chi connectivity index (χ0n) is 11.3. The summed E-state index contributed by atoms with van der Waals surface area (Å²) < 4.78 is 24.0. The number of hydrogen-bond acceptors (Lipinski definition) is 3. The lowest BCUT2D eigenvalue weighted by molar-refractivity contribution is -0.0593. The van der Waals surface area contributed by atoms with Gasteiger partial charge in [-0.3, -0.25) is 0 Å². The molecule has 102 valence electrons. The standard InChI is InChI=1S/C14H21FO3/c1-5-18-14(9(2)3)13(16)11-8-10(15)6-7-12(11)17-4/h6-9,13-14,16H,5H2,1-4H3. The Bertz CT molecular complexity index is 379. The zero-order chi connectivity index (χ0) is 13.7. The first-order valence-electron chi connectivity index (χ1n) is 6.14. The maximum atomic E-state index is 13.3. The lowest BCUT2D eigenvalue weighted by atomic mass is 9.95. The van der Waals surface area contributed by atoms with Gasteiger partial charge in [-0.1, -0.05) is 13.8 Å². The molecule has 2 unspecified atom stereocenters. The van der Waals surface area contributed by atoms with Crippen molar-refractivity contribution in [2.75, 3.05) is 13.7 Å². The summed E-state index contributed by atoms with van der Waals surface area (Å²) >= 11 is 0. The summed E-state index contributed by atoms with van der Waals surface area (Å²) in [7, 11) is 1.49. The van der Waals surface area contributed by atoms with Gasteiger partial charge in [-0.2, -0.15) is 0 Å². The zero-order valence-corrected chi connectivity index (χ0v) is 11.3. The van der Waals surface area contributed by atoms with Crippen LogP contribution in [0, 0.1) is 11.7 Å². The molecule has 0 heterocycles. The van der Waals surface area contributed by atoms with E-state index in [4.69, 9.17) is 9.47 Å². The molecule has 2 atom stereocenters. The second-order valence-corrected chi connectivity index (χ2v) is 4.50. The SMILES string of the molecule is CCOC(C(C)C)C(O)c1cc(F)ccc1OC. The van der Waals surface area contributed by atoms with Crippen LogP contribution in [0.5, 0.6) is 5.75 Å². The van der Waals surface area contributed by atoms with Gasteiger partial charge in [0.2, 0.25) is 0 Å². The summed E-state index contributed by atoms with van der Waals surface area (Å²) in [4.78, 5) is 0. The Morgan fingerprint density at radius 1 is 1.33 bits per heavy atom. The van der Waals surface area contributed by atoms with Crippen LogP contribution in [0.3, 0.4) is 0 Å². The van der Waals surface area contributed by atoms with Gasteiger partial charge in [0, 0.05) is 12.2 Å². The van der Waals surface area contributed by atoms with Gasteiger partial charge >= 0.3 is 0 Å². The summed E-state index contributed by atoms with van der Waals surface area (Å²) in [6.45, 7) is 6.27. The maximum Gasteiger partial charge on any atom is 0.124 e. The first-order valence-corrected chi connectivity index (χ1v) is 6.14. The van der Waals surface area contributed by atoms with Gasteiger partial charge in [-0.05, 0) is 31.0 Å². The van der Waals surface area contributed by atoms with Crippen LogP contribution in [-0.2, 0) is 4.74 Å². The normalized spacial score (nSPS) is 14.6. The summed E-state index contributed by atoms with van der Waals surface area (Å²) in [5.41, 5.74) is 0.421. The smallest absolute Gasteiger partial charge is 0.124 e. The molecule has 0 aromatic heterocycles. The predicted octanol–water partition coefficient (Wildman–Crippen LogP) is 2.93. The number of methoxy groups -OCH3 is 1. The van der Waals surface area contributed by atoms with Crippen LogP contribution >= 0.6 is 0 Å². The first-order chi connectivity index (χ1) is 8.51. The molecule has 0 saturated carbocycles. The Kier molecular flexibility index (Phi) is 5.56. The monoisotopic (exact) mass is 256 g/mol. The summed E-state index contributed by atoms with van der Waals surface area (Å²) in [5, 5.41) is 10.3. The fraction of sp³-hybridized carbons (Fsp3) is 0.571. The van der Waals surface area contributed by atoms with Gasteiger partial charge in [0.1, 0.15) is 17.7 Å². The molecular formula is C14H21FO3. The molecule has 3 nitrogen and oxygen atoms in total. The second kappa shape index (κ2) is 6.71. The minimum absolute atomic E-state index is 0.118. The topological polar surface area (TPSA) is 38.7 Å². The van der Waals surface area contributed by atoms with E-state index >= 15 is 0 Å². The Morgan fingerprint density at radius 2 is 2.00 bits per heavy atom. The van der Waals surface area contributed by atoms with E-state index < -0.39 is 11.9 Å². The largest absolute Gasteiger partial charge is 0.496 e.